The highest BCUT2D eigenvalue weighted by Crippen LogP contribution is 2.35. The van der Waals surface area contributed by atoms with Crippen molar-refractivity contribution in [2.45, 2.75) is 24.7 Å². The Balaban J connectivity index is 1.98. The number of hydrogen-bond acceptors (Lipinski definition) is 6. The first-order valence-electron chi connectivity index (χ1n) is 8.78. The molecule has 1 aliphatic rings. The van der Waals surface area contributed by atoms with Crippen LogP contribution in [0.1, 0.15) is 25.3 Å². The molecular weight excluding hydrogens is 382 g/mol. The molecule has 1 aliphatic heterocycles. The Kier molecular flexibility index (Phi) is 5.63. The monoisotopic (exact) mass is 401 g/mol. The van der Waals surface area contributed by atoms with Crippen LogP contribution in [-0.2, 0) is 10.0 Å². The van der Waals surface area contributed by atoms with Crippen LogP contribution in [-0.4, -0.2) is 30.7 Å². The van der Waals surface area contributed by atoms with Gasteiger partial charge in [-0.25, -0.2) is 8.42 Å². The van der Waals surface area contributed by atoms with Crippen LogP contribution in [0.25, 0.3) is 0 Å². The summed E-state index contributed by atoms with van der Waals surface area (Å²) in [6.07, 6.45) is 1.71. The van der Waals surface area contributed by atoms with Gasteiger partial charge < -0.3 is 4.74 Å². The van der Waals surface area contributed by atoms with E-state index in [1.807, 2.05) is 13.0 Å². The SMILES string of the molecule is C[C@H]1CCCN(S(=O)(=O)c2ccc(Oc3ccccc3C#N)c([N+](=O)[O-])c2)C1. The minimum Gasteiger partial charge on any atom is -0.449 e. The van der Waals surface area contributed by atoms with Crippen molar-refractivity contribution in [3.05, 3.63) is 58.1 Å². The highest BCUT2D eigenvalue weighted by Gasteiger charge is 2.31. The summed E-state index contributed by atoms with van der Waals surface area (Å²) in [6, 6.07) is 11.8. The molecule has 2 aromatic rings. The summed E-state index contributed by atoms with van der Waals surface area (Å²) in [5, 5.41) is 20.7. The third-order valence-electron chi connectivity index (χ3n) is 4.61. The molecule has 2 aromatic carbocycles. The molecule has 1 fully saturated rings. The van der Waals surface area contributed by atoms with Crippen molar-refractivity contribution >= 4 is 15.7 Å². The highest BCUT2D eigenvalue weighted by molar-refractivity contribution is 7.89. The van der Waals surface area contributed by atoms with E-state index in [0.717, 1.165) is 18.9 Å². The Labute approximate surface area is 163 Å². The number of nitro benzene ring substituents is 1. The lowest BCUT2D eigenvalue weighted by Crippen LogP contribution is -2.39. The van der Waals surface area contributed by atoms with Crippen LogP contribution in [0.4, 0.5) is 5.69 Å². The average Bonchev–Trinajstić information content (AvgIpc) is 2.68. The molecule has 1 atom stereocenters. The maximum atomic E-state index is 12.9. The van der Waals surface area contributed by atoms with Gasteiger partial charge in [-0.1, -0.05) is 19.1 Å². The first-order chi connectivity index (χ1) is 13.3. The molecule has 28 heavy (non-hydrogen) atoms. The summed E-state index contributed by atoms with van der Waals surface area (Å²) in [4.78, 5) is 10.7. The molecule has 9 heteroatoms. The number of rotatable bonds is 5. The lowest BCUT2D eigenvalue weighted by Gasteiger charge is -2.30. The summed E-state index contributed by atoms with van der Waals surface area (Å²) < 4.78 is 32.7. The number of ether oxygens (including phenoxy) is 1. The zero-order chi connectivity index (χ0) is 20.3. The van der Waals surface area contributed by atoms with Gasteiger partial charge in [-0.2, -0.15) is 9.57 Å². The first kappa shape index (κ1) is 19.8. The fourth-order valence-electron chi connectivity index (χ4n) is 3.17. The minimum absolute atomic E-state index is 0.126. The molecule has 0 aliphatic carbocycles. The van der Waals surface area contributed by atoms with E-state index in [1.165, 1.54) is 28.6 Å². The van der Waals surface area contributed by atoms with Crippen LogP contribution >= 0.6 is 0 Å². The molecule has 1 heterocycles. The molecule has 0 unspecified atom stereocenters. The van der Waals surface area contributed by atoms with Crippen LogP contribution in [0, 0.1) is 27.4 Å². The smallest absolute Gasteiger partial charge is 0.312 e. The van der Waals surface area contributed by atoms with E-state index in [4.69, 9.17) is 10.00 Å². The molecule has 0 spiro atoms. The van der Waals surface area contributed by atoms with Crippen LogP contribution in [0.5, 0.6) is 11.5 Å². The standard InChI is InChI=1S/C19H19N3O5S/c1-14-5-4-10-21(13-14)28(25,26)16-8-9-19(17(11-16)22(23)24)27-18-7-3-2-6-15(18)12-20/h2-3,6-9,11,14H,4-5,10,13H2,1H3/t14-/m0/s1. The maximum absolute atomic E-state index is 12.9. The molecule has 0 saturated carbocycles. The van der Waals surface area contributed by atoms with Crippen molar-refractivity contribution in [3.8, 4) is 17.6 Å². The predicted molar refractivity (Wildman–Crippen MR) is 101 cm³/mol. The molecule has 0 N–H and O–H groups in total. The minimum atomic E-state index is -3.83. The highest BCUT2D eigenvalue weighted by atomic mass is 32.2. The quantitative estimate of drug-likeness (QED) is 0.558. The summed E-state index contributed by atoms with van der Waals surface area (Å²) in [6.45, 7) is 2.77. The van der Waals surface area contributed by atoms with E-state index in [-0.39, 0.29) is 27.9 Å². The molecular formula is C19H19N3O5S. The van der Waals surface area contributed by atoms with Gasteiger partial charge in [0.2, 0.25) is 15.8 Å². The molecule has 0 amide bonds. The summed E-state index contributed by atoms with van der Waals surface area (Å²) in [7, 11) is -3.83. The number of benzene rings is 2. The molecule has 0 aromatic heterocycles. The van der Waals surface area contributed by atoms with Crippen molar-refractivity contribution in [3.63, 3.8) is 0 Å². The first-order valence-corrected chi connectivity index (χ1v) is 10.2. The third-order valence-corrected chi connectivity index (χ3v) is 6.47. The van der Waals surface area contributed by atoms with E-state index in [2.05, 4.69) is 0 Å². The normalized spacial score (nSPS) is 17.6. The van der Waals surface area contributed by atoms with E-state index >= 15 is 0 Å². The summed E-state index contributed by atoms with van der Waals surface area (Å²) in [5.41, 5.74) is -0.255. The predicted octanol–water partition coefficient (Wildman–Crippen LogP) is 3.68. The molecule has 0 bridgehead atoms. The molecule has 146 valence electrons. The van der Waals surface area contributed by atoms with Crippen molar-refractivity contribution in [1.29, 1.82) is 5.26 Å². The number of hydrogen-bond donors (Lipinski definition) is 0. The van der Waals surface area contributed by atoms with Crippen LogP contribution in [0.15, 0.2) is 47.4 Å². The van der Waals surface area contributed by atoms with Crippen molar-refractivity contribution in [2.75, 3.05) is 13.1 Å². The second-order valence-electron chi connectivity index (χ2n) is 6.71. The summed E-state index contributed by atoms with van der Waals surface area (Å²) >= 11 is 0. The van der Waals surface area contributed by atoms with Gasteiger partial charge in [-0.3, -0.25) is 10.1 Å². The lowest BCUT2D eigenvalue weighted by molar-refractivity contribution is -0.385. The van der Waals surface area contributed by atoms with Crippen molar-refractivity contribution < 1.29 is 18.1 Å². The largest absolute Gasteiger partial charge is 0.449 e. The number of para-hydroxylation sites is 1. The maximum Gasteiger partial charge on any atom is 0.312 e. The average molecular weight is 401 g/mol. The Morgan fingerprint density at radius 1 is 1.25 bits per heavy atom. The van der Waals surface area contributed by atoms with Crippen LogP contribution < -0.4 is 4.74 Å². The number of sulfonamides is 1. The van der Waals surface area contributed by atoms with Crippen molar-refractivity contribution in [2.24, 2.45) is 5.92 Å². The van der Waals surface area contributed by atoms with Gasteiger partial charge in [0.1, 0.15) is 11.8 Å². The van der Waals surface area contributed by atoms with Gasteiger partial charge in [0.25, 0.3) is 0 Å². The van der Waals surface area contributed by atoms with Gasteiger partial charge >= 0.3 is 5.69 Å². The zero-order valence-electron chi connectivity index (χ0n) is 15.2. The van der Waals surface area contributed by atoms with Gasteiger partial charge in [0, 0.05) is 19.2 Å². The fraction of sp³-hybridized carbons (Fsp3) is 0.316. The van der Waals surface area contributed by atoms with Crippen LogP contribution in [0.2, 0.25) is 0 Å². The Morgan fingerprint density at radius 2 is 2.00 bits per heavy atom. The van der Waals surface area contributed by atoms with E-state index in [1.54, 1.807) is 12.1 Å². The topological polar surface area (TPSA) is 114 Å². The summed E-state index contributed by atoms with van der Waals surface area (Å²) in [5.74, 6) is 0.274. The molecule has 0 radical (unpaired) electrons. The second-order valence-corrected chi connectivity index (χ2v) is 8.65. The fourth-order valence-corrected chi connectivity index (χ4v) is 4.79. The zero-order valence-corrected chi connectivity index (χ0v) is 16.1. The van der Waals surface area contributed by atoms with Gasteiger partial charge in [0.05, 0.1) is 15.4 Å². The Bertz CT molecular complexity index is 1050. The number of nitrogens with zero attached hydrogens (tertiary/aromatic N) is 3. The second kappa shape index (κ2) is 7.96. The molecule has 1 saturated heterocycles. The lowest BCUT2D eigenvalue weighted by atomic mass is 10.0. The van der Waals surface area contributed by atoms with Gasteiger partial charge in [0.15, 0.2) is 0 Å². The Hall–Kier alpha value is -2.96. The number of piperidine rings is 1. The van der Waals surface area contributed by atoms with Crippen LogP contribution in [0.3, 0.4) is 0 Å². The Morgan fingerprint density at radius 3 is 2.68 bits per heavy atom. The van der Waals surface area contributed by atoms with E-state index < -0.39 is 20.6 Å². The van der Waals surface area contributed by atoms with E-state index in [0.29, 0.717) is 13.1 Å². The van der Waals surface area contributed by atoms with Gasteiger partial charge in [-0.05, 0) is 43.0 Å². The molecule has 8 nitrogen and oxygen atoms in total. The van der Waals surface area contributed by atoms with Crippen molar-refractivity contribution in [1.82, 2.24) is 4.31 Å². The van der Waals surface area contributed by atoms with Gasteiger partial charge in [-0.15, -0.1) is 0 Å². The number of nitriles is 1. The molecule has 3 rings (SSSR count). The number of nitro groups is 1. The third kappa shape index (κ3) is 3.98. The van der Waals surface area contributed by atoms with E-state index in [9.17, 15) is 18.5 Å².